The fraction of sp³-hybridized carbons (Fsp3) is 0. The van der Waals surface area contributed by atoms with E-state index >= 15 is 0 Å². The van der Waals surface area contributed by atoms with Gasteiger partial charge in [-0.25, -0.2) is 12.8 Å². The number of nitrogen functional groups attached to an aromatic ring is 1. The van der Waals surface area contributed by atoms with Crippen molar-refractivity contribution in [2.45, 2.75) is 4.90 Å². The van der Waals surface area contributed by atoms with E-state index in [9.17, 15) is 12.8 Å². The third-order valence-corrected chi connectivity index (χ3v) is 4.22. The van der Waals surface area contributed by atoms with Crippen LogP contribution in [0.5, 0.6) is 0 Å². The zero-order valence-electron chi connectivity index (χ0n) is 10.5. The average molecular weight is 326 g/mol. The van der Waals surface area contributed by atoms with Crippen molar-refractivity contribution < 1.29 is 12.8 Å². The van der Waals surface area contributed by atoms with Gasteiger partial charge in [-0.1, -0.05) is 11.6 Å². The Morgan fingerprint density at radius 2 is 1.95 bits per heavy atom. The van der Waals surface area contributed by atoms with Crippen LogP contribution < -0.4 is 10.5 Å². The van der Waals surface area contributed by atoms with Gasteiger partial charge in [-0.3, -0.25) is 4.72 Å². The average Bonchev–Trinajstić information content (AvgIpc) is 2.41. The maximum atomic E-state index is 13.1. The van der Waals surface area contributed by atoms with Crippen LogP contribution in [0.4, 0.5) is 15.8 Å². The lowest BCUT2D eigenvalue weighted by Gasteiger charge is -2.10. The Kier molecular flexibility index (Phi) is 4.02. The first-order chi connectivity index (χ1) is 9.83. The topological polar surface area (TPSA) is 96.0 Å². The molecule has 0 aliphatic carbocycles. The standard InChI is InChI=1S/C13H9ClFN3O2S/c14-9-2-1-8(7-16)13(5-9)18-21(19,20)10-3-4-11(15)12(17)6-10/h1-6,18H,17H2. The Bertz CT molecular complexity index is 847. The van der Waals surface area contributed by atoms with E-state index in [0.717, 1.165) is 18.2 Å². The van der Waals surface area contributed by atoms with E-state index in [2.05, 4.69) is 4.72 Å². The van der Waals surface area contributed by atoms with E-state index in [0.29, 0.717) is 0 Å². The number of hydrogen-bond acceptors (Lipinski definition) is 4. The Morgan fingerprint density at radius 3 is 2.57 bits per heavy atom. The first-order valence-electron chi connectivity index (χ1n) is 5.61. The maximum Gasteiger partial charge on any atom is 0.262 e. The van der Waals surface area contributed by atoms with Crippen molar-refractivity contribution in [3.05, 3.63) is 52.8 Å². The molecule has 2 aromatic carbocycles. The summed E-state index contributed by atoms with van der Waals surface area (Å²) < 4.78 is 39.7. The van der Waals surface area contributed by atoms with Gasteiger partial charge in [0.15, 0.2) is 0 Å². The fourth-order valence-corrected chi connectivity index (χ4v) is 2.87. The molecule has 5 nitrogen and oxygen atoms in total. The Labute approximate surface area is 125 Å². The molecule has 0 saturated heterocycles. The molecule has 0 atom stereocenters. The maximum absolute atomic E-state index is 13.1. The van der Waals surface area contributed by atoms with E-state index in [1.807, 2.05) is 6.07 Å². The molecule has 0 saturated carbocycles. The number of nitrogens with one attached hydrogen (secondary N) is 1. The van der Waals surface area contributed by atoms with E-state index in [1.54, 1.807) is 0 Å². The predicted octanol–water partition coefficient (Wildman–Crippen LogP) is 2.73. The molecule has 0 spiro atoms. The first-order valence-corrected chi connectivity index (χ1v) is 7.47. The van der Waals surface area contributed by atoms with Gasteiger partial charge in [-0.15, -0.1) is 0 Å². The highest BCUT2D eigenvalue weighted by Gasteiger charge is 2.17. The molecule has 0 aliphatic heterocycles. The Balaban J connectivity index is 2.45. The van der Waals surface area contributed by atoms with Crippen LogP contribution in [-0.2, 0) is 10.0 Å². The van der Waals surface area contributed by atoms with Crippen LogP contribution in [0.3, 0.4) is 0 Å². The van der Waals surface area contributed by atoms with Gasteiger partial charge in [0.25, 0.3) is 10.0 Å². The monoisotopic (exact) mass is 325 g/mol. The zero-order chi connectivity index (χ0) is 15.6. The highest BCUT2D eigenvalue weighted by atomic mass is 35.5. The van der Waals surface area contributed by atoms with Crippen LogP contribution in [-0.4, -0.2) is 8.42 Å². The molecule has 0 aromatic heterocycles. The van der Waals surface area contributed by atoms with E-state index in [-0.39, 0.29) is 26.9 Å². The second kappa shape index (κ2) is 5.60. The molecule has 2 rings (SSSR count). The lowest BCUT2D eigenvalue weighted by Crippen LogP contribution is -2.14. The van der Waals surface area contributed by atoms with Crippen molar-refractivity contribution >= 4 is 33.0 Å². The summed E-state index contributed by atoms with van der Waals surface area (Å²) in [7, 11) is -4.01. The number of rotatable bonds is 3. The van der Waals surface area contributed by atoms with E-state index < -0.39 is 15.8 Å². The van der Waals surface area contributed by atoms with Gasteiger partial charge in [0.1, 0.15) is 11.9 Å². The van der Waals surface area contributed by atoms with E-state index in [4.69, 9.17) is 22.6 Å². The molecule has 0 amide bonds. The van der Waals surface area contributed by atoms with Crippen LogP contribution in [0.2, 0.25) is 5.02 Å². The van der Waals surface area contributed by atoms with Crippen LogP contribution in [0.1, 0.15) is 5.56 Å². The van der Waals surface area contributed by atoms with Crippen molar-refractivity contribution in [3.63, 3.8) is 0 Å². The molecular formula is C13H9ClFN3O2S. The third-order valence-electron chi connectivity index (χ3n) is 2.62. The minimum Gasteiger partial charge on any atom is -0.396 e. The lowest BCUT2D eigenvalue weighted by atomic mass is 10.2. The number of benzene rings is 2. The second-order valence-corrected chi connectivity index (χ2v) is 6.21. The Morgan fingerprint density at radius 1 is 1.24 bits per heavy atom. The minimum absolute atomic E-state index is 0.0351. The quantitative estimate of drug-likeness (QED) is 0.848. The van der Waals surface area contributed by atoms with Gasteiger partial charge >= 0.3 is 0 Å². The number of halogens is 2. The third kappa shape index (κ3) is 3.24. The van der Waals surface area contributed by atoms with Gasteiger partial charge in [0.2, 0.25) is 0 Å². The largest absolute Gasteiger partial charge is 0.396 e. The first kappa shape index (κ1) is 15.1. The SMILES string of the molecule is N#Cc1ccc(Cl)cc1NS(=O)(=O)c1ccc(F)c(N)c1. The molecule has 3 N–H and O–H groups in total. The number of nitrogens with zero attached hydrogens (tertiary/aromatic N) is 1. The summed E-state index contributed by atoms with van der Waals surface area (Å²) in [6.45, 7) is 0. The van der Waals surface area contributed by atoms with Gasteiger partial charge in [-0.05, 0) is 36.4 Å². The summed E-state index contributed by atoms with van der Waals surface area (Å²) >= 11 is 5.78. The second-order valence-electron chi connectivity index (χ2n) is 4.09. The number of nitriles is 1. The molecule has 0 aliphatic rings. The van der Waals surface area contributed by atoms with Crippen LogP contribution >= 0.6 is 11.6 Å². The molecule has 8 heteroatoms. The normalized spacial score (nSPS) is 10.9. The van der Waals surface area contributed by atoms with Crippen molar-refractivity contribution in [1.82, 2.24) is 0 Å². The molecule has 21 heavy (non-hydrogen) atoms. The summed E-state index contributed by atoms with van der Waals surface area (Å²) in [5.74, 6) is -0.714. The number of hydrogen-bond donors (Lipinski definition) is 2. The summed E-state index contributed by atoms with van der Waals surface area (Å²) in [5.41, 5.74) is 5.21. The fourth-order valence-electron chi connectivity index (χ4n) is 1.59. The zero-order valence-corrected chi connectivity index (χ0v) is 12.0. The summed E-state index contributed by atoms with van der Waals surface area (Å²) in [5, 5.41) is 9.23. The van der Waals surface area contributed by atoms with Crippen molar-refractivity contribution in [1.29, 1.82) is 5.26 Å². The van der Waals surface area contributed by atoms with Crippen molar-refractivity contribution in [3.8, 4) is 6.07 Å². The smallest absolute Gasteiger partial charge is 0.262 e. The highest BCUT2D eigenvalue weighted by Crippen LogP contribution is 2.24. The molecule has 0 fully saturated rings. The van der Waals surface area contributed by atoms with Gasteiger partial charge in [-0.2, -0.15) is 5.26 Å². The highest BCUT2D eigenvalue weighted by molar-refractivity contribution is 7.92. The minimum atomic E-state index is -4.01. The molecular weight excluding hydrogens is 317 g/mol. The summed E-state index contributed by atoms with van der Waals surface area (Å²) in [6, 6.07) is 9.03. The molecule has 2 aromatic rings. The Hall–Kier alpha value is -2.30. The van der Waals surface area contributed by atoms with Gasteiger partial charge in [0.05, 0.1) is 21.8 Å². The summed E-state index contributed by atoms with van der Waals surface area (Å²) in [4.78, 5) is -0.217. The van der Waals surface area contributed by atoms with Crippen molar-refractivity contribution in [2.24, 2.45) is 0 Å². The summed E-state index contributed by atoms with van der Waals surface area (Å²) in [6.07, 6.45) is 0. The lowest BCUT2D eigenvalue weighted by molar-refractivity contribution is 0.600. The number of nitrogens with two attached hydrogens (primary N) is 1. The molecule has 0 bridgehead atoms. The number of sulfonamides is 1. The van der Waals surface area contributed by atoms with Gasteiger partial charge in [0, 0.05) is 5.02 Å². The van der Waals surface area contributed by atoms with Crippen LogP contribution in [0.25, 0.3) is 0 Å². The number of anilines is 2. The predicted molar refractivity (Wildman–Crippen MR) is 77.8 cm³/mol. The molecule has 0 heterocycles. The molecule has 0 radical (unpaired) electrons. The molecule has 108 valence electrons. The van der Waals surface area contributed by atoms with Crippen LogP contribution in [0, 0.1) is 17.1 Å². The van der Waals surface area contributed by atoms with Gasteiger partial charge < -0.3 is 5.73 Å². The molecule has 0 unspecified atom stereocenters. The van der Waals surface area contributed by atoms with Crippen molar-refractivity contribution in [2.75, 3.05) is 10.5 Å². The van der Waals surface area contributed by atoms with Crippen LogP contribution in [0.15, 0.2) is 41.3 Å². The van der Waals surface area contributed by atoms with E-state index in [1.165, 1.54) is 18.2 Å².